The number of aromatic nitrogens is 1. The van der Waals surface area contributed by atoms with Crippen molar-refractivity contribution in [1.82, 2.24) is 9.88 Å². The van der Waals surface area contributed by atoms with Crippen LogP contribution in [0.15, 0.2) is 74.4 Å². The number of benzene rings is 2. The van der Waals surface area contributed by atoms with E-state index in [2.05, 4.69) is 28.3 Å². The molecule has 6 nitrogen and oxygen atoms in total. The molecule has 0 saturated heterocycles. The maximum absolute atomic E-state index is 13.7. The fraction of sp³-hybridized carbons (Fsp3) is 0.333. The highest BCUT2D eigenvalue weighted by Crippen LogP contribution is 2.29. The molecule has 4 unspecified atom stereocenters. The summed E-state index contributed by atoms with van der Waals surface area (Å²) >= 11 is 0. The lowest BCUT2D eigenvalue weighted by molar-refractivity contribution is 0.481. The van der Waals surface area contributed by atoms with Gasteiger partial charge < -0.3 is 5.32 Å². The number of fused-ring (bicyclic) bond motifs is 2. The Balaban J connectivity index is 1.64. The van der Waals surface area contributed by atoms with Crippen LogP contribution >= 0.6 is 0 Å². The van der Waals surface area contributed by atoms with E-state index in [9.17, 15) is 4.79 Å². The maximum atomic E-state index is 13.7. The molecule has 0 spiro atoms. The van der Waals surface area contributed by atoms with Gasteiger partial charge in [0.25, 0.3) is 5.56 Å². The minimum Gasteiger partial charge on any atom is -0.335 e. The van der Waals surface area contributed by atoms with Crippen LogP contribution in [0.4, 0.5) is 0 Å². The Kier molecular flexibility index (Phi) is 5.67. The van der Waals surface area contributed by atoms with Gasteiger partial charge in [0.2, 0.25) is 0 Å². The predicted molar refractivity (Wildman–Crippen MR) is 136 cm³/mol. The van der Waals surface area contributed by atoms with Crippen LogP contribution in [0.5, 0.6) is 0 Å². The average molecular weight is 440 g/mol. The van der Waals surface area contributed by atoms with E-state index in [4.69, 9.17) is 4.99 Å². The summed E-state index contributed by atoms with van der Waals surface area (Å²) in [5.74, 6) is 1.46. The number of para-hydroxylation sites is 1. The molecule has 2 aliphatic rings. The minimum atomic E-state index is -0.234. The quantitative estimate of drug-likeness (QED) is 0.635. The number of hydrogen-bond donors (Lipinski definition) is 1. The summed E-state index contributed by atoms with van der Waals surface area (Å²) in [7, 11) is 0. The third kappa shape index (κ3) is 4.01. The molecule has 1 N–H and O–H groups in total. The molecule has 0 fully saturated rings. The summed E-state index contributed by atoms with van der Waals surface area (Å²) in [4.78, 5) is 28.1. The van der Waals surface area contributed by atoms with Crippen molar-refractivity contribution in [3.05, 3.63) is 76.2 Å². The predicted octanol–water partition coefficient (Wildman–Crippen LogP) is 4.83. The van der Waals surface area contributed by atoms with E-state index in [1.165, 1.54) is 0 Å². The van der Waals surface area contributed by atoms with Gasteiger partial charge in [0.15, 0.2) is 6.17 Å². The van der Waals surface area contributed by atoms with Gasteiger partial charge in [-0.2, -0.15) is 0 Å². The molecule has 33 heavy (non-hydrogen) atoms. The van der Waals surface area contributed by atoms with Crippen LogP contribution in [0.3, 0.4) is 0 Å². The zero-order valence-corrected chi connectivity index (χ0v) is 19.3. The first-order chi connectivity index (χ1) is 16.0. The van der Waals surface area contributed by atoms with Crippen LogP contribution in [0.2, 0.25) is 0 Å². The number of aryl methyl sites for hydroxylation is 1. The summed E-state index contributed by atoms with van der Waals surface area (Å²) in [5.41, 5.74) is 2.68. The molecule has 0 radical (unpaired) electrons. The summed E-state index contributed by atoms with van der Waals surface area (Å²) in [5, 5.41) is 4.97. The molecule has 0 aliphatic carbocycles. The van der Waals surface area contributed by atoms with Crippen LogP contribution in [0.25, 0.3) is 16.5 Å². The lowest BCUT2D eigenvalue weighted by Crippen LogP contribution is -2.40. The molecule has 6 heteroatoms. The minimum absolute atomic E-state index is 0.0113. The van der Waals surface area contributed by atoms with Crippen LogP contribution in [-0.4, -0.2) is 29.1 Å². The van der Waals surface area contributed by atoms with E-state index >= 15 is 0 Å². The van der Waals surface area contributed by atoms with E-state index in [1.807, 2.05) is 73.2 Å². The van der Waals surface area contributed by atoms with E-state index in [0.717, 1.165) is 46.4 Å². The highest BCUT2D eigenvalue weighted by atomic mass is 16.1. The second-order valence-electron chi connectivity index (χ2n) is 9.07. The Bertz CT molecular complexity index is 1320. The van der Waals surface area contributed by atoms with Crippen molar-refractivity contribution < 1.29 is 0 Å². The van der Waals surface area contributed by atoms with Crippen molar-refractivity contribution >= 4 is 29.2 Å². The van der Waals surface area contributed by atoms with Crippen LogP contribution < -0.4 is 10.9 Å². The summed E-state index contributed by atoms with van der Waals surface area (Å²) in [6.45, 7) is 6.22. The van der Waals surface area contributed by atoms with Crippen molar-refractivity contribution in [2.45, 2.75) is 45.8 Å². The number of nitrogens with zero attached hydrogens (tertiary/aromatic N) is 4. The smallest absolute Gasteiger partial charge is 0.263 e. The van der Waals surface area contributed by atoms with E-state index < -0.39 is 0 Å². The van der Waals surface area contributed by atoms with Gasteiger partial charge >= 0.3 is 0 Å². The number of pyridine rings is 1. The average Bonchev–Trinajstić information content (AvgIpc) is 3.01. The molecule has 2 aliphatic heterocycles. The maximum Gasteiger partial charge on any atom is 0.263 e. The van der Waals surface area contributed by atoms with E-state index in [1.54, 1.807) is 6.34 Å². The molecule has 0 bridgehead atoms. The molecule has 3 aromatic rings. The van der Waals surface area contributed by atoms with Crippen molar-refractivity contribution in [1.29, 1.82) is 0 Å². The zero-order chi connectivity index (χ0) is 22.9. The van der Waals surface area contributed by atoms with Gasteiger partial charge in [0.1, 0.15) is 5.84 Å². The first-order valence-corrected chi connectivity index (χ1v) is 11.6. The number of aliphatic imine (C=N–C) groups is 3. The molecule has 168 valence electrons. The monoisotopic (exact) mass is 439 g/mol. The molecule has 2 aromatic carbocycles. The topological polar surface area (TPSA) is 71.1 Å². The Labute approximate surface area is 193 Å². The third-order valence-electron chi connectivity index (χ3n) is 6.64. The third-order valence-corrected chi connectivity index (χ3v) is 6.64. The molecule has 1 aromatic heterocycles. The van der Waals surface area contributed by atoms with Crippen molar-refractivity contribution in [3.8, 4) is 5.69 Å². The van der Waals surface area contributed by atoms with Gasteiger partial charge in [-0.3, -0.25) is 19.3 Å². The number of nitrogens with one attached hydrogen (secondary N) is 1. The molecule has 5 rings (SSSR count). The van der Waals surface area contributed by atoms with Gasteiger partial charge in [0, 0.05) is 11.9 Å². The Hall–Kier alpha value is -3.54. The van der Waals surface area contributed by atoms with Crippen molar-refractivity contribution in [2.24, 2.45) is 26.8 Å². The van der Waals surface area contributed by atoms with Crippen LogP contribution in [0, 0.1) is 18.8 Å². The second kappa shape index (κ2) is 8.77. The molecule has 0 amide bonds. The zero-order valence-electron chi connectivity index (χ0n) is 19.3. The summed E-state index contributed by atoms with van der Waals surface area (Å²) < 4.78 is 1.81. The number of amidine groups is 1. The van der Waals surface area contributed by atoms with Crippen LogP contribution in [-0.2, 0) is 0 Å². The van der Waals surface area contributed by atoms with Gasteiger partial charge in [-0.15, -0.1) is 0 Å². The fourth-order valence-electron chi connectivity index (χ4n) is 4.83. The Morgan fingerprint density at radius 3 is 2.73 bits per heavy atom. The summed E-state index contributed by atoms with van der Waals surface area (Å²) in [6, 6.07) is 17.7. The lowest BCUT2D eigenvalue weighted by Gasteiger charge is -2.27. The number of hydrogen-bond acceptors (Lipinski definition) is 4. The normalized spacial score (nSPS) is 24.3. The lowest BCUT2D eigenvalue weighted by atomic mass is 9.95. The second-order valence-corrected chi connectivity index (χ2v) is 9.07. The van der Waals surface area contributed by atoms with Crippen molar-refractivity contribution in [2.75, 3.05) is 0 Å². The Morgan fingerprint density at radius 2 is 1.91 bits per heavy atom. The standard InChI is InChI=1S/C27H29N5O/c1-17-12-13-22-25(28-15-17)29-16-30-26(22)31-19(3)23-14-20-9-7-8-18(2)24(20)27(33)32(23)21-10-5-4-6-11-21/h4-11,14-17,19,22,25H,12-13H2,1-3H3,(H,29,30,31). The number of rotatable bonds is 3. The highest BCUT2D eigenvalue weighted by Gasteiger charge is 2.31. The molecule has 3 heterocycles. The van der Waals surface area contributed by atoms with Gasteiger partial charge in [-0.25, -0.2) is 4.99 Å². The van der Waals surface area contributed by atoms with Gasteiger partial charge in [-0.1, -0.05) is 43.3 Å². The molecular weight excluding hydrogens is 410 g/mol. The van der Waals surface area contributed by atoms with Crippen molar-refractivity contribution in [3.63, 3.8) is 0 Å². The molecule has 4 atom stereocenters. The van der Waals surface area contributed by atoms with Gasteiger partial charge in [-0.05, 0) is 61.8 Å². The first-order valence-electron chi connectivity index (χ1n) is 11.6. The van der Waals surface area contributed by atoms with E-state index in [0.29, 0.717) is 5.92 Å². The van der Waals surface area contributed by atoms with Gasteiger partial charge in [0.05, 0.1) is 29.4 Å². The van der Waals surface area contributed by atoms with E-state index in [-0.39, 0.29) is 23.7 Å². The largest absolute Gasteiger partial charge is 0.335 e. The summed E-state index contributed by atoms with van der Waals surface area (Å²) in [6.07, 6.45) is 5.63. The molecule has 0 saturated carbocycles. The Morgan fingerprint density at radius 1 is 1.09 bits per heavy atom. The fourth-order valence-corrected chi connectivity index (χ4v) is 4.83. The first kappa shape index (κ1) is 21.3. The SMILES string of the molecule is Cc1cccc2cc(C(C)N=C3NC=NC4N=CC(C)CCC34)n(-c3ccccc3)c(=O)c12. The van der Waals surface area contributed by atoms with Crippen LogP contribution in [0.1, 0.15) is 44.0 Å². The highest BCUT2D eigenvalue weighted by molar-refractivity contribution is 5.96. The molecular formula is C27H29N5O.